The van der Waals surface area contributed by atoms with Crippen molar-refractivity contribution >= 4 is 9.69 Å². The van der Waals surface area contributed by atoms with Crippen molar-refractivity contribution in [3.05, 3.63) is 72.6 Å². The Morgan fingerprint density at radius 3 is 2.12 bits per heavy atom. The van der Waals surface area contributed by atoms with E-state index in [1.54, 1.807) is 0 Å². The van der Waals surface area contributed by atoms with E-state index < -0.39 is 0 Å². The van der Waals surface area contributed by atoms with E-state index in [1.807, 2.05) is 42.5 Å². The zero-order valence-corrected chi connectivity index (χ0v) is 13.3. The van der Waals surface area contributed by atoms with Gasteiger partial charge in [0.05, 0.1) is 5.75 Å². The first-order chi connectivity index (χ1) is 8.34. The average Bonchev–Trinajstić information content (AvgIpc) is 2.42. The molecule has 0 amide bonds. The summed E-state index contributed by atoms with van der Waals surface area (Å²) in [6.45, 7) is 4.43. The van der Waals surface area contributed by atoms with Gasteiger partial charge in [0, 0.05) is 0 Å². The summed E-state index contributed by atoms with van der Waals surface area (Å²) in [5, 5.41) is 0. The Hall–Kier alpha value is -0.977. The fraction of sp³-hybridized carbons (Fsp3) is 0.0714. The summed E-state index contributed by atoms with van der Waals surface area (Å²) in [7, 11) is 4.76. The molecule has 2 aromatic rings. The standard InChI is InChI=1S/C14H13O.ClH.Zn/c1-12-7-9-14(10-8-12)15-11-13-5-3-2-4-6-13;;/h2-10H,1,11H2;1H;/q-1;;+2/p-1. The van der Waals surface area contributed by atoms with Crippen LogP contribution in [0.15, 0.2) is 54.6 Å². The fourth-order valence-electron chi connectivity index (χ4n) is 1.33. The monoisotopic (exact) mass is 296 g/mol. The number of benzene rings is 2. The van der Waals surface area contributed by atoms with E-state index in [0.29, 0.717) is 6.61 Å². The predicted molar refractivity (Wildman–Crippen MR) is 67.5 cm³/mol. The average molecular weight is 298 g/mol. The van der Waals surface area contributed by atoms with Crippen molar-refractivity contribution in [2.24, 2.45) is 0 Å². The van der Waals surface area contributed by atoms with E-state index in [9.17, 15) is 0 Å². The van der Waals surface area contributed by atoms with Gasteiger partial charge in [-0.2, -0.15) is 24.6 Å². The molecular weight excluding hydrogens is 285 g/mol. The molecule has 0 aliphatic heterocycles. The number of rotatable bonds is 3. The van der Waals surface area contributed by atoms with Crippen molar-refractivity contribution in [2.75, 3.05) is 0 Å². The maximum absolute atomic E-state index is 5.62. The van der Waals surface area contributed by atoms with Gasteiger partial charge in [0.1, 0.15) is 6.61 Å². The maximum atomic E-state index is 5.62. The van der Waals surface area contributed by atoms with E-state index in [0.717, 1.165) is 28.6 Å². The van der Waals surface area contributed by atoms with Gasteiger partial charge >= 0.3 is 27.0 Å². The van der Waals surface area contributed by atoms with Crippen LogP contribution in [0.25, 0.3) is 0 Å². The van der Waals surface area contributed by atoms with E-state index in [-0.39, 0.29) is 0 Å². The van der Waals surface area contributed by atoms with Crippen LogP contribution in [0.4, 0.5) is 0 Å². The number of ether oxygens (including phenoxy) is 1. The molecule has 2 rings (SSSR count). The van der Waals surface area contributed by atoms with Crippen LogP contribution < -0.4 is 4.74 Å². The van der Waals surface area contributed by atoms with Crippen molar-refractivity contribution in [3.63, 3.8) is 0 Å². The number of hydrogen-bond donors (Lipinski definition) is 0. The molecule has 0 aliphatic rings. The first kappa shape index (κ1) is 14.1. The quantitative estimate of drug-likeness (QED) is 0.611. The zero-order chi connectivity index (χ0) is 12.5. The van der Waals surface area contributed by atoms with Crippen LogP contribution in [0.5, 0.6) is 5.75 Å². The summed E-state index contributed by atoms with van der Waals surface area (Å²) < 4.78 is 5.62. The molecule has 3 heteroatoms. The third-order valence-electron chi connectivity index (χ3n) is 2.17. The summed E-state index contributed by atoms with van der Waals surface area (Å²) in [4.78, 5) is 0. The Kier molecular flexibility index (Phi) is 6.76. The first-order valence-corrected chi connectivity index (χ1v) is 9.10. The minimum atomic E-state index is 0.608. The molecule has 0 spiro atoms. The Labute approximate surface area is 116 Å². The van der Waals surface area contributed by atoms with E-state index in [1.165, 1.54) is 5.56 Å². The molecular formula is C14H13ClOZn. The molecule has 0 heterocycles. The zero-order valence-electron chi connectivity index (χ0n) is 9.60. The van der Waals surface area contributed by atoms with Crippen molar-refractivity contribution in [3.8, 4) is 5.75 Å². The molecule has 84 valence electrons. The van der Waals surface area contributed by atoms with Gasteiger partial charge in [-0.1, -0.05) is 42.5 Å². The van der Waals surface area contributed by atoms with Crippen LogP contribution in [-0.2, 0) is 23.9 Å². The van der Waals surface area contributed by atoms with Gasteiger partial charge in [0.25, 0.3) is 0 Å². The third-order valence-corrected chi connectivity index (χ3v) is 2.17. The van der Waals surface area contributed by atoms with Crippen LogP contribution >= 0.6 is 9.69 Å². The van der Waals surface area contributed by atoms with E-state index in [2.05, 4.69) is 19.1 Å². The van der Waals surface area contributed by atoms with Gasteiger partial charge in [-0.15, -0.1) is 0 Å². The molecule has 0 bridgehead atoms. The van der Waals surface area contributed by atoms with Gasteiger partial charge < -0.3 is 4.74 Å². The molecule has 0 aliphatic carbocycles. The molecule has 0 radical (unpaired) electrons. The SMILES string of the molecule is [CH2-]c1ccc(OCc2ccccc2)cc1.[Cl][Zn+]. The number of halogens is 1. The van der Waals surface area contributed by atoms with Gasteiger partial charge in [-0.05, 0) is 5.56 Å². The molecule has 0 saturated heterocycles. The molecule has 17 heavy (non-hydrogen) atoms. The summed E-state index contributed by atoms with van der Waals surface area (Å²) in [6.07, 6.45) is 0. The van der Waals surface area contributed by atoms with Gasteiger partial charge in [0.2, 0.25) is 0 Å². The van der Waals surface area contributed by atoms with Gasteiger partial charge in [0.15, 0.2) is 0 Å². The summed E-state index contributed by atoms with van der Waals surface area (Å²) >= 11 is 0.847. The molecule has 0 saturated carbocycles. The van der Waals surface area contributed by atoms with Crippen LogP contribution in [0.2, 0.25) is 0 Å². The van der Waals surface area contributed by atoms with Gasteiger partial charge in [-0.25, -0.2) is 0 Å². The van der Waals surface area contributed by atoms with Crippen LogP contribution in [-0.4, -0.2) is 0 Å². The van der Waals surface area contributed by atoms with Crippen molar-refractivity contribution in [2.45, 2.75) is 6.61 Å². The van der Waals surface area contributed by atoms with E-state index >= 15 is 0 Å². The van der Waals surface area contributed by atoms with Gasteiger partial charge in [-0.3, -0.25) is 0 Å². The second kappa shape index (κ2) is 8.16. The third kappa shape index (κ3) is 5.25. The molecule has 0 aromatic heterocycles. The van der Waals surface area contributed by atoms with Crippen LogP contribution in [0, 0.1) is 6.92 Å². The minimum absolute atomic E-state index is 0.608. The number of hydrogen-bond acceptors (Lipinski definition) is 1. The van der Waals surface area contributed by atoms with Crippen molar-refractivity contribution in [1.29, 1.82) is 0 Å². The second-order valence-electron chi connectivity index (χ2n) is 3.42. The first-order valence-electron chi connectivity index (χ1n) is 5.20. The van der Waals surface area contributed by atoms with E-state index in [4.69, 9.17) is 14.4 Å². The second-order valence-corrected chi connectivity index (χ2v) is 3.42. The Morgan fingerprint density at radius 1 is 0.941 bits per heavy atom. The Balaban J connectivity index is 0.000000686. The summed E-state index contributed by atoms with van der Waals surface area (Å²) in [6, 6.07) is 17.9. The topological polar surface area (TPSA) is 9.23 Å². The summed E-state index contributed by atoms with van der Waals surface area (Å²) in [5.41, 5.74) is 2.18. The molecule has 2 aromatic carbocycles. The molecule has 0 N–H and O–H groups in total. The summed E-state index contributed by atoms with van der Waals surface area (Å²) in [5.74, 6) is 0.881. The van der Waals surface area contributed by atoms with Crippen molar-refractivity contribution in [1.82, 2.24) is 0 Å². The Bertz CT molecular complexity index is 414. The normalized spacial score (nSPS) is 9.12. The molecule has 0 fully saturated rings. The Morgan fingerprint density at radius 2 is 1.53 bits per heavy atom. The van der Waals surface area contributed by atoms with Crippen LogP contribution in [0.3, 0.4) is 0 Å². The molecule has 1 nitrogen and oxygen atoms in total. The predicted octanol–water partition coefficient (Wildman–Crippen LogP) is 4.13. The fourth-order valence-corrected chi connectivity index (χ4v) is 1.33. The van der Waals surface area contributed by atoms with Crippen LogP contribution in [0.1, 0.15) is 11.1 Å². The molecule has 0 unspecified atom stereocenters. The molecule has 0 atom stereocenters. The van der Waals surface area contributed by atoms with Crippen molar-refractivity contribution < 1.29 is 22.0 Å².